The summed E-state index contributed by atoms with van der Waals surface area (Å²) in [6.45, 7) is 2.36. The summed E-state index contributed by atoms with van der Waals surface area (Å²) in [4.78, 5) is 27.9. The topological polar surface area (TPSA) is 98.1 Å². The highest BCUT2D eigenvalue weighted by Gasteiger charge is 2.11. The zero-order valence-corrected chi connectivity index (χ0v) is 14.8. The Bertz CT molecular complexity index is 924. The third-order valence-electron chi connectivity index (χ3n) is 3.60. The van der Waals surface area contributed by atoms with E-state index in [1.54, 1.807) is 48.3 Å². The van der Waals surface area contributed by atoms with Gasteiger partial charge in [-0.25, -0.2) is 14.3 Å². The second-order valence-corrected chi connectivity index (χ2v) is 5.55. The fraction of sp³-hybridized carbons (Fsp3) is 0.158. The molecule has 0 aliphatic rings. The van der Waals surface area contributed by atoms with Crippen LogP contribution in [-0.2, 0) is 11.3 Å². The first-order valence-electron chi connectivity index (χ1n) is 8.43. The Hall–Kier alpha value is -3.68. The lowest BCUT2D eigenvalue weighted by atomic mass is 10.3. The zero-order valence-electron chi connectivity index (χ0n) is 14.8. The maximum atomic E-state index is 12.1. The van der Waals surface area contributed by atoms with Gasteiger partial charge in [-0.1, -0.05) is 12.1 Å². The van der Waals surface area contributed by atoms with Gasteiger partial charge in [0.1, 0.15) is 0 Å². The molecule has 0 spiro atoms. The van der Waals surface area contributed by atoms with E-state index in [2.05, 4.69) is 20.7 Å². The van der Waals surface area contributed by atoms with E-state index < -0.39 is 5.97 Å². The lowest BCUT2D eigenvalue weighted by Crippen LogP contribution is -2.28. The molecule has 2 heterocycles. The van der Waals surface area contributed by atoms with Crippen molar-refractivity contribution in [1.29, 1.82) is 0 Å². The number of ether oxygens (including phenoxy) is 1. The number of hydrogen-bond donors (Lipinski definition) is 2. The average Bonchev–Trinajstić information content (AvgIpc) is 3.18. The molecule has 0 bridgehead atoms. The minimum absolute atomic E-state index is 0.225. The van der Waals surface area contributed by atoms with Crippen molar-refractivity contribution in [3.63, 3.8) is 0 Å². The summed E-state index contributed by atoms with van der Waals surface area (Å²) in [5, 5.41) is 9.71. The summed E-state index contributed by atoms with van der Waals surface area (Å²) in [5.74, 6) is -0.473. The number of esters is 1. The fourth-order valence-electron chi connectivity index (χ4n) is 2.36. The van der Waals surface area contributed by atoms with Gasteiger partial charge in [0.15, 0.2) is 5.69 Å². The molecule has 2 aromatic heterocycles. The monoisotopic (exact) mass is 365 g/mol. The Morgan fingerprint density at radius 1 is 1.15 bits per heavy atom. The van der Waals surface area contributed by atoms with E-state index in [0.29, 0.717) is 24.5 Å². The molecule has 3 aromatic rings. The van der Waals surface area contributed by atoms with Crippen molar-refractivity contribution >= 4 is 17.7 Å². The van der Waals surface area contributed by atoms with Crippen LogP contribution in [0.25, 0.3) is 5.69 Å². The van der Waals surface area contributed by atoms with Gasteiger partial charge >= 0.3 is 12.0 Å². The van der Waals surface area contributed by atoms with Gasteiger partial charge in [0, 0.05) is 18.1 Å². The Morgan fingerprint density at radius 3 is 2.81 bits per heavy atom. The van der Waals surface area contributed by atoms with Crippen LogP contribution in [0, 0.1) is 0 Å². The minimum Gasteiger partial charge on any atom is -0.461 e. The van der Waals surface area contributed by atoms with E-state index >= 15 is 0 Å². The molecule has 3 rings (SSSR count). The summed E-state index contributed by atoms with van der Waals surface area (Å²) in [6, 6.07) is 13.9. The number of benzene rings is 1. The maximum absolute atomic E-state index is 12.1. The predicted molar refractivity (Wildman–Crippen MR) is 99.6 cm³/mol. The number of carbonyl (C=O) groups excluding carboxylic acids is 2. The highest BCUT2D eigenvalue weighted by Crippen LogP contribution is 2.15. The minimum atomic E-state index is -0.473. The van der Waals surface area contributed by atoms with Gasteiger partial charge in [0.25, 0.3) is 0 Å². The van der Waals surface area contributed by atoms with Crippen LogP contribution in [0.3, 0.4) is 0 Å². The van der Waals surface area contributed by atoms with Crippen molar-refractivity contribution in [2.45, 2.75) is 13.5 Å². The smallest absolute Gasteiger partial charge is 0.358 e. The molecule has 138 valence electrons. The summed E-state index contributed by atoms with van der Waals surface area (Å²) in [5.41, 5.74) is 2.29. The second-order valence-electron chi connectivity index (χ2n) is 5.55. The Kier molecular flexibility index (Phi) is 5.78. The Morgan fingerprint density at radius 2 is 2.04 bits per heavy atom. The van der Waals surface area contributed by atoms with Crippen molar-refractivity contribution in [1.82, 2.24) is 20.1 Å². The van der Waals surface area contributed by atoms with Crippen LogP contribution in [0.4, 0.5) is 10.5 Å². The first-order chi connectivity index (χ1) is 13.2. The molecule has 27 heavy (non-hydrogen) atoms. The summed E-state index contributed by atoms with van der Waals surface area (Å²) in [7, 11) is 0. The third kappa shape index (κ3) is 4.91. The molecule has 0 aliphatic heterocycles. The number of anilines is 1. The number of carbonyl (C=O) groups is 2. The normalized spacial score (nSPS) is 10.3. The van der Waals surface area contributed by atoms with Crippen LogP contribution in [0.15, 0.2) is 60.9 Å². The summed E-state index contributed by atoms with van der Waals surface area (Å²) in [6.07, 6.45) is 3.33. The average molecular weight is 365 g/mol. The second kappa shape index (κ2) is 8.61. The number of rotatable bonds is 6. The molecule has 0 radical (unpaired) electrons. The van der Waals surface area contributed by atoms with E-state index in [-0.39, 0.29) is 11.7 Å². The molecule has 0 aliphatic carbocycles. The van der Waals surface area contributed by atoms with Crippen LogP contribution in [-0.4, -0.2) is 33.4 Å². The summed E-state index contributed by atoms with van der Waals surface area (Å²) >= 11 is 0. The van der Waals surface area contributed by atoms with E-state index in [1.807, 2.05) is 24.3 Å². The van der Waals surface area contributed by atoms with Gasteiger partial charge in [-0.05, 0) is 43.3 Å². The molecule has 8 heteroatoms. The van der Waals surface area contributed by atoms with Gasteiger partial charge < -0.3 is 15.4 Å². The standard InChI is InChI=1S/C19H19N5O3/c1-2-27-18(25)17-9-11-24(23-17)16-8-5-7-14(12-16)22-19(26)21-13-15-6-3-4-10-20-15/h3-12H,2,13H2,1H3,(H2,21,22,26). The number of nitrogens with zero attached hydrogens (tertiary/aromatic N) is 3. The van der Waals surface area contributed by atoms with Crippen molar-refractivity contribution in [2.24, 2.45) is 0 Å². The Labute approximate surface area is 156 Å². The summed E-state index contributed by atoms with van der Waals surface area (Å²) < 4.78 is 6.48. The molecule has 0 atom stereocenters. The molecular weight excluding hydrogens is 346 g/mol. The fourth-order valence-corrected chi connectivity index (χ4v) is 2.36. The number of pyridine rings is 1. The number of nitrogens with one attached hydrogen (secondary N) is 2. The number of urea groups is 1. The maximum Gasteiger partial charge on any atom is 0.358 e. The molecule has 0 fully saturated rings. The number of aromatic nitrogens is 3. The predicted octanol–water partition coefficient (Wildman–Crippen LogP) is 2.77. The highest BCUT2D eigenvalue weighted by atomic mass is 16.5. The lowest BCUT2D eigenvalue weighted by molar-refractivity contribution is 0.0519. The molecule has 0 saturated carbocycles. The van der Waals surface area contributed by atoms with Gasteiger partial charge in [-0.15, -0.1) is 0 Å². The third-order valence-corrected chi connectivity index (χ3v) is 3.60. The van der Waals surface area contributed by atoms with Crippen LogP contribution >= 0.6 is 0 Å². The molecule has 8 nitrogen and oxygen atoms in total. The molecule has 2 N–H and O–H groups in total. The largest absolute Gasteiger partial charge is 0.461 e. The molecule has 0 saturated heterocycles. The van der Waals surface area contributed by atoms with Crippen molar-refractivity contribution < 1.29 is 14.3 Å². The van der Waals surface area contributed by atoms with Gasteiger partial charge in [0.2, 0.25) is 0 Å². The van der Waals surface area contributed by atoms with E-state index in [1.165, 1.54) is 0 Å². The molecule has 2 amide bonds. The van der Waals surface area contributed by atoms with E-state index in [4.69, 9.17) is 4.74 Å². The molecular formula is C19H19N5O3. The SMILES string of the molecule is CCOC(=O)c1ccn(-c2cccc(NC(=O)NCc3ccccn3)c2)n1. The van der Waals surface area contributed by atoms with Crippen LogP contribution in [0.2, 0.25) is 0 Å². The number of hydrogen-bond acceptors (Lipinski definition) is 5. The van der Waals surface area contributed by atoms with Crippen molar-refractivity contribution in [3.8, 4) is 5.69 Å². The molecule has 0 unspecified atom stereocenters. The van der Waals surface area contributed by atoms with Crippen molar-refractivity contribution in [2.75, 3.05) is 11.9 Å². The first-order valence-corrected chi connectivity index (χ1v) is 8.43. The Balaban J connectivity index is 1.63. The van der Waals surface area contributed by atoms with Gasteiger partial charge in [-0.3, -0.25) is 4.98 Å². The number of amides is 2. The van der Waals surface area contributed by atoms with Crippen LogP contribution < -0.4 is 10.6 Å². The van der Waals surface area contributed by atoms with E-state index in [9.17, 15) is 9.59 Å². The van der Waals surface area contributed by atoms with Gasteiger partial charge in [0.05, 0.1) is 24.5 Å². The van der Waals surface area contributed by atoms with Gasteiger partial charge in [-0.2, -0.15) is 5.10 Å². The molecule has 1 aromatic carbocycles. The van der Waals surface area contributed by atoms with E-state index in [0.717, 1.165) is 5.69 Å². The lowest BCUT2D eigenvalue weighted by Gasteiger charge is -2.09. The van der Waals surface area contributed by atoms with Crippen molar-refractivity contribution in [3.05, 3.63) is 72.3 Å². The quantitative estimate of drug-likeness (QED) is 0.655. The van der Waals surface area contributed by atoms with Crippen LogP contribution in [0.5, 0.6) is 0 Å². The first kappa shape index (κ1) is 18.1. The van der Waals surface area contributed by atoms with Crippen LogP contribution in [0.1, 0.15) is 23.1 Å². The highest BCUT2D eigenvalue weighted by molar-refractivity contribution is 5.89. The zero-order chi connectivity index (χ0) is 19.1.